The van der Waals surface area contributed by atoms with Crippen LogP contribution in [-0.4, -0.2) is 30.6 Å². The van der Waals surface area contributed by atoms with E-state index >= 15 is 0 Å². The standard InChI is InChI=1S/C15H30N2/c1-14(2,3)13(16)12-17-10-8-15(9-11-17)6-4-5-7-15/h13H,4-12,16H2,1-3H3/t13-/m0/s1. The van der Waals surface area contributed by atoms with E-state index in [1.54, 1.807) is 0 Å². The Morgan fingerprint density at radius 2 is 1.59 bits per heavy atom. The molecule has 1 heterocycles. The van der Waals surface area contributed by atoms with Gasteiger partial charge in [-0.25, -0.2) is 0 Å². The highest BCUT2D eigenvalue weighted by Gasteiger charge is 2.37. The highest BCUT2D eigenvalue weighted by molar-refractivity contribution is 4.91. The molecule has 1 spiro atoms. The van der Waals surface area contributed by atoms with Gasteiger partial charge >= 0.3 is 0 Å². The van der Waals surface area contributed by atoms with Crippen LogP contribution in [-0.2, 0) is 0 Å². The summed E-state index contributed by atoms with van der Waals surface area (Å²) in [6.07, 6.45) is 8.77. The average molecular weight is 238 g/mol. The number of likely N-dealkylation sites (tertiary alicyclic amines) is 1. The molecule has 100 valence electrons. The van der Waals surface area contributed by atoms with Crippen molar-refractivity contribution in [2.45, 2.75) is 65.3 Å². The molecule has 1 saturated heterocycles. The molecule has 1 atom stereocenters. The largest absolute Gasteiger partial charge is 0.326 e. The number of hydrogen-bond donors (Lipinski definition) is 1. The Morgan fingerprint density at radius 1 is 1.06 bits per heavy atom. The summed E-state index contributed by atoms with van der Waals surface area (Å²) in [5.74, 6) is 0. The first-order valence-electron chi connectivity index (χ1n) is 7.39. The molecule has 0 amide bonds. The first-order chi connectivity index (χ1) is 7.91. The first-order valence-corrected chi connectivity index (χ1v) is 7.39. The summed E-state index contributed by atoms with van der Waals surface area (Å²) in [5, 5.41) is 0. The van der Waals surface area contributed by atoms with Gasteiger partial charge in [-0.15, -0.1) is 0 Å². The van der Waals surface area contributed by atoms with Crippen LogP contribution in [0.3, 0.4) is 0 Å². The smallest absolute Gasteiger partial charge is 0.0217 e. The van der Waals surface area contributed by atoms with E-state index in [1.165, 1.54) is 51.6 Å². The van der Waals surface area contributed by atoms with Crippen molar-refractivity contribution in [3.05, 3.63) is 0 Å². The van der Waals surface area contributed by atoms with E-state index in [9.17, 15) is 0 Å². The van der Waals surface area contributed by atoms with Crippen molar-refractivity contribution in [1.82, 2.24) is 4.90 Å². The molecular weight excluding hydrogens is 208 g/mol. The van der Waals surface area contributed by atoms with E-state index in [1.807, 2.05) is 0 Å². The molecule has 2 rings (SSSR count). The summed E-state index contributed by atoms with van der Waals surface area (Å²) in [5.41, 5.74) is 7.26. The van der Waals surface area contributed by atoms with Crippen LogP contribution in [0.15, 0.2) is 0 Å². The zero-order chi connectivity index (χ0) is 12.5. The lowest BCUT2D eigenvalue weighted by atomic mass is 9.76. The second-order valence-corrected chi connectivity index (χ2v) is 7.48. The fraction of sp³-hybridized carbons (Fsp3) is 1.00. The Labute approximate surface area is 107 Å². The third-order valence-corrected chi connectivity index (χ3v) is 5.15. The van der Waals surface area contributed by atoms with E-state index in [2.05, 4.69) is 25.7 Å². The first kappa shape index (κ1) is 13.4. The third kappa shape index (κ3) is 3.23. The van der Waals surface area contributed by atoms with Gasteiger partial charge in [0, 0.05) is 12.6 Å². The summed E-state index contributed by atoms with van der Waals surface area (Å²) in [7, 11) is 0. The summed E-state index contributed by atoms with van der Waals surface area (Å²) in [6, 6.07) is 0.306. The predicted molar refractivity (Wildman–Crippen MR) is 74.0 cm³/mol. The Morgan fingerprint density at radius 3 is 2.06 bits per heavy atom. The van der Waals surface area contributed by atoms with E-state index in [0.717, 1.165) is 12.0 Å². The molecule has 0 aromatic rings. The Hall–Kier alpha value is -0.0800. The van der Waals surface area contributed by atoms with Crippen LogP contribution in [0.1, 0.15) is 59.3 Å². The monoisotopic (exact) mass is 238 g/mol. The highest BCUT2D eigenvalue weighted by Crippen LogP contribution is 2.46. The third-order valence-electron chi connectivity index (χ3n) is 5.15. The van der Waals surface area contributed by atoms with Crippen molar-refractivity contribution in [1.29, 1.82) is 0 Å². The topological polar surface area (TPSA) is 29.3 Å². The molecule has 2 heteroatoms. The van der Waals surface area contributed by atoms with Gasteiger partial charge in [0.05, 0.1) is 0 Å². The molecule has 0 unspecified atom stereocenters. The number of nitrogens with two attached hydrogens (primary N) is 1. The molecule has 0 radical (unpaired) electrons. The lowest BCUT2D eigenvalue weighted by Gasteiger charge is -2.41. The molecular formula is C15H30N2. The van der Waals surface area contributed by atoms with E-state index in [0.29, 0.717) is 6.04 Å². The van der Waals surface area contributed by atoms with Gasteiger partial charge < -0.3 is 10.6 Å². The van der Waals surface area contributed by atoms with Gasteiger partial charge in [-0.3, -0.25) is 0 Å². The van der Waals surface area contributed by atoms with Gasteiger partial charge in [0.1, 0.15) is 0 Å². The van der Waals surface area contributed by atoms with Gasteiger partial charge in [-0.2, -0.15) is 0 Å². The van der Waals surface area contributed by atoms with Crippen LogP contribution in [0, 0.1) is 10.8 Å². The Balaban J connectivity index is 1.79. The van der Waals surface area contributed by atoms with E-state index in [-0.39, 0.29) is 5.41 Å². The molecule has 0 aromatic carbocycles. The number of piperidine rings is 1. The van der Waals surface area contributed by atoms with Crippen molar-refractivity contribution < 1.29 is 0 Å². The molecule has 0 aromatic heterocycles. The van der Waals surface area contributed by atoms with Gasteiger partial charge in [-0.1, -0.05) is 33.6 Å². The van der Waals surface area contributed by atoms with Gasteiger partial charge in [0.2, 0.25) is 0 Å². The van der Waals surface area contributed by atoms with Crippen molar-refractivity contribution in [2.75, 3.05) is 19.6 Å². The predicted octanol–water partition coefficient (Wildman–Crippen LogP) is 3.02. The lowest BCUT2D eigenvalue weighted by molar-refractivity contribution is 0.0917. The van der Waals surface area contributed by atoms with Crippen LogP contribution >= 0.6 is 0 Å². The molecule has 1 aliphatic carbocycles. The minimum absolute atomic E-state index is 0.239. The van der Waals surface area contributed by atoms with Gasteiger partial charge in [0.25, 0.3) is 0 Å². The van der Waals surface area contributed by atoms with Crippen LogP contribution in [0.2, 0.25) is 0 Å². The van der Waals surface area contributed by atoms with Crippen molar-refractivity contribution >= 4 is 0 Å². The number of hydrogen-bond acceptors (Lipinski definition) is 2. The summed E-state index contributed by atoms with van der Waals surface area (Å²) in [6.45, 7) is 10.4. The molecule has 2 fully saturated rings. The maximum atomic E-state index is 6.28. The average Bonchev–Trinajstić information content (AvgIpc) is 2.69. The summed E-state index contributed by atoms with van der Waals surface area (Å²) < 4.78 is 0. The molecule has 2 N–H and O–H groups in total. The maximum absolute atomic E-state index is 6.28. The number of nitrogens with zero attached hydrogens (tertiary/aromatic N) is 1. The van der Waals surface area contributed by atoms with Crippen LogP contribution in [0.4, 0.5) is 0 Å². The van der Waals surface area contributed by atoms with Gasteiger partial charge in [0.15, 0.2) is 0 Å². The minimum Gasteiger partial charge on any atom is -0.326 e. The molecule has 1 saturated carbocycles. The fourth-order valence-electron chi connectivity index (χ4n) is 3.39. The van der Waals surface area contributed by atoms with Crippen molar-refractivity contribution in [2.24, 2.45) is 16.6 Å². The molecule has 1 aliphatic heterocycles. The van der Waals surface area contributed by atoms with E-state index < -0.39 is 0 Å². The van der Waals surface area contributed by atoms with Gasteiger partial charge in [-0.05, 0) is 49.6 Å². The summed E-state index contributed by atoms with van der Waals surface area (Å²) >= 11 is 0. The normalized spacial score (nSPS) is 27.5. The second kappa shape index (κ2) is 4.89. The summed E-state index contributed by atoms with van der Waals surface area (Å²) in [4.78, 5) is 2.60. The second-order valence-electron chi connectivity index (χ2n) is 7.48. The Bertz CT molecular complexity index is 238. The molecule has 2 aliphatic rings. The Kier molecular flexibility index (Phi) is 3.84. The van der Waals surface area contributed by atoms with Crippen molar-refractivity contribution in [3.63, 3.8) is 0 Å². The van der Waals surface area contributed by atoms with Crippen LogP contribution < -0.4 is 5.73 Å². The fourth-order valence-corrected chi connectivity index (χ4v) is 3.39. The zero-order valence-electron chi connectivity index (χ0n) is 12.0. The highest BCUT2D eigenvalue weighted by atomic mass is 15.1. The van der Waals surface area contributed by atoms with E-state index in [4.69, 9.17) is 5.73 Å². The maximum Gasteiger partial charge on any atom is 0.0217 e. The molecule has 2 nitrogen and oxygen atoms in total. The zero-order valence-corrected chi connectivity index (χ0v) is 12.0. The molecule has 17 heavy (non-hydrogen) atoms. The number of rotatable bonds is 2. The lowest BCUT2D eigenvalue weighted by Crippen LogP contribution is -2.49. The quantitative estimate of drug-likeness (QED) is 0.801. The minimum atomic E-state index is 0.239. The van der Waals surface area contributed by atoms with Crippen molar-refractivity contribution in [3.8, 4) is 0 Å². The molecule has 0 bridgehead atoms. The van der Waals surface area contributed by atoms with Crippen LogP contribution in [0.25, 0.3) is 0 Å². The van der Waals surface area contributed by atoms with Crippen LogP contribution in [0.5, 0.6) is 0 Å². The SMILES string of the molecule is CC(C)(C)[C@@H](N)CN1CCC2(CCCC2)CC1.